The number of carbonyl (C=O) groups excluding carboxylic acids is 2. The van der Waals surface area contributed by atoms with Gasteiger partial charge >= 0.3 is 0 Å². The third-order valence-electron chi connectivity index (χ3n) is 5.37. The molecule has 2 aliphatic rings. The third-order valence-corrected chi connectivity index (χ3v) is 5.37. The summed E-state index contributed by atoms with van der Waals surface area (Å²) in [7, 11) is 0. The molecule has 6 nitrogen and oxygen atoms in total. The number of hydrogen-bond acceptors (Lipinski definition) is 3. The summed E-state index contributed by atoms with van der Waals surface area (Å²) in [6.45, 7) is 11.6. The zero-order chi connectivity index (χ0) is 18.1. The van der Waals surface area contributed by atoms with E-state index in [9.17, 15) is 9.59 Å². The average Bonchev–Trinajstić information content (AvgIpc) is 3.01. The molecule has 0 aromatic carbocycles. The number of amides is 2. The summed E-state index contributed by atoms with van der Waals surface area (Å²) < 4.78 is 0. The Kier molecular flexibility index (Phi) is 5.16. The molecule has 2 fully saturated rings. The number of nitrogens with zero attached hydrogens (tertiary/aromatic N) is 3. The van der Waals surface area contributed by atoms with E-state index in [1.54, 1.807) is 0 Å². The van der Waals surface area contributed by atoms with E-state index < -0.39 is 0 Å². The van der Waals surface area contributed by atoms with Gasteiger partial charge in [-0.15, -0.1) is 0 Å². The van der Waals surface area contributed by atoms with E-state index in [2.05, 4.69) is 37.7 Å². The van der Waals surface area contributed by atoms with Crippen LogP contribution in [0.2, 0.25) is 0 Å². The van der Waals surface area contributed by atoms with Gasteiger partial charge in [0.05, 0.1) is 6.33 Å². The molecule has 3 rings (SSSR count). The summed E-state index contributed by atoms with van der Waals surface area (Å²) in [4.78, 5) is 36.8. The minimum Gasteiger partial charge on any atom is -0.340 e. The molecule has 1 aromatic rings. The Labute approximate surface area is 150 Å². The van der Waals surface area contributed by atoms with Gasteiger partial charge in [-0.1, -0.05) is 27.7 Å². The van der Waals surface area contributed by atoms with Crippen LogP contribution in [0.3, 0.4) is 0 Å². The van der Waals surface area contributed by atoms with Crippen molar-refractivity contribution in [2.75, 3.05) is 26.2 Å². The minimum absolute atomic E-state index is 0.0997. The smallest absolute Gasteiger partial charge is 0.274 e. The van der Waals surface area contributed by atoms with Crippen molar-refractivity contribution in [3.05, 3.63) is 17.7 Å². The van der Waals surface area contributed by atoms with Gasteiger partial charge in [-0.2, -0.15) is 0 Å². The molecule has 1 aromatic heterocycles. The van der Waals surface area contributed by atoms with E-state index >= 15 is 0 Å². The number of hydrogen-bond donors (Lipinski definition) is 1. The molecule has 2 saturated heterocycles. The zero-order valence-corrected chi connectivity index (χ0v) is 15.8. The summed E-state index contributed by atoms with van der Waals surface area (Å²) in [5.41, 5.74) is 0.620. The fourth-order valence-corrected chi connectivity index (χ4v) is 4.58. The van der Waals surface area contributed by atoms with Crippen LogP contribution in [0.15, 0.2) is 6.33 Å². The molecule has 0 spiro atoms. The fraction of sp³-hybridized carbons (Fsp3) is 0.737. The van der Waals surface area contributed by atoms with Crippen LogP contribution in [0, 0.1) is 23.7 Å². The lowest BCUT2D eigenvalue weighted by molar-refractivity contribution is 0.0579. The molecular weight excluding hydrogens is 316 g/mol. The first kappa shape index (κ1) is 18.0. The number of carbonyl (C=O) groups is 2. The van der Waals surface area contributed by atoms with Crippen molar-refractivity contribution >= 4 is 11.8 Å². The van der Waals surface area contributed by atoms with Crippen LogP contribution < -0.4 is 0 Å². The molecule has 0 aliphatic carbocycles. The highest BCUT2D eigenvalue weighted by Gasteiger charge is 2.33. The highest BCUT2D eigenvalue weighted by atomic mass is 16.2. The Bertz CT molecular complexity index is 569. The topological polar surface area (TPSA) is 69.3 Å². The number of aromatic nitrogens is 2. The first-order chi connectivity index (χ1) is 11.8. The molecule has 138 valence electrons. The van der Waals surface area contributed by atoms with Crippen molar-refractivity contribution in [2.24, 2.45) is 23.7 Å². The number of piperidine rings is 2. The lowest BCUT2D eigenvalue weighted by Crippen LogP contribution is -2.45. The molecule has 0 bridgehead atoms. The maximum absolute atomic E-state index is 13.0. The van der Waals surface area contributed by atoms with Gasteiger partial charge in [0.15, 0.2) is 5.69 Å². The van der Waals surface area contributed by atoms with Crippen molar-refractivity contribution in [3.63, 3.8) is 0 Å². The van der Waals surface area contributed by atoms with Gasteiger partial charge in [0.25, 0.3) is 11.8 Å². The predicted octanol–water partition coefficient (Wildman–Crippen LogP) is 2.65. The summed E-state index contributed by atoms with van der Waals surface area (Å²) in [6.07, 6.45) is 3.75. The number of rotatable bonds is 2. The van der Waals surface area contributed by atoms with Gasteiger partial charge in [0.2, 0.25) is 0 Å². The third kappa shape index (κ3) is 3.88. The van der Waals surface area contributed by atoms with Gasteiger partial charge in [0, 0.05) is 26.2 Å². The van der Waals surface area contributed by atoms with Crippen LogP contribution >= 0.6 is 0 Å². The number of likely N-dealkylation sites (tertiary alicyclic amines) is 2. The maximum atomic E-state index is 13.0. The Balaban J connectivity index is 1.78. The Morgan fingerprint density at radius 1 is 0.880 bits per heavy atom. The first-order valence-corrected chi connectivity index (χ1v) is 9.47. The van der Waals surface area contributed by atoms with E-state index in [0.717, 1.165) is 39.0 Å². The van der Waals surface area contributed by atoms with E-state index in [0.29, 0.717) is 29.4 Å². The summed E-state index contributed by atoms with van der Waals surface area (Å²) in [5.74, 6) is 1.71. The van der Waals surface area contributed by atoms with E-state index in [1.807, 2.05) is 9.80 Å². The highest BCUT2D eigenvalue weighted by Crippen LogP contribution is 2.25. The van der Waals surface area contributed by atoms with Crippen molar-refractivity contribution < 1.29 is 9.59 Å². The van der Waals surface area contributed by atoms with Crippen molar-refractivity contribution in [1.82, 2.24) is 19.8 Å². The van der Waals surface area contributed by atoms with E-state index in [4.69, 9.17) is 0 Å². The number of nitrogens with one attached hydrogen (secondary N) is 1. The molecule has 25 heavy (non-hydrogen) atoms. The van der Waals surface area contributed by atoms with Crippen LogP contribution in [0.5, 0.6) is 0 Å². The second-order valence-electron chi connectivity index (χ2n) is 8.44. The molecule has 2 amide bonds. The van der Waals surface area contributed by atoms with Gasteiger partial charge in [-0.3, -0.25) is 9.59 Å². The molecule has 0 radical (unpaired) electrons. The summed E-state index contributed by atoms with van der Waals surface area (Å²) >= 11 is 0. The lowest BCUT2D eigenvalue weighted by atomic mass is 9.91. The molecule has 4 atom stereocenters. The summed E-state index contributed by atoms with van der Waals surface area (Å²) in [6, 6.07) is 0. The Morgan fingerprint density at radius 3 is 1.80 bits per heavy atom. The second kappa shape index (κ2) is 7.18. The SMILES string of the molecule is CC1CC(C)CN(C(=O)c2nc[nH]c2C(=O)N2CC(C)CC(C)C2)C1. The van der Waals surface area contributed by atoms with Crippen molar-refractivity contribution in [3.8, 4) is 0 Å². The predicted molar refractivity (Wildman–Crippen MR) is 96.3 cm³/mol. The van der Waals surface area contributed by atoms with Crippen molar-refractivity contribution in [1.29, 1.82) is 0 Å². The van der Waals surface area contributed by atoms with Gasteiger partial charge < -0.3 is 14.8 Å². The minimum atomic E-state index is -0.124. The average molecular weight is 346 g/mol. The monoisotopic (exact) mass is 346 g/mol. The maximum Gasteiger partial charge on any atom is 0.274 e. The van der Waals surface area contributed by atoms with Crippen LogP contribution in [0.4, 0.5) is 0 Å². The highest BCUT2D eigenvalue weighted by molar-refractivity contribution is 6.04. The van der Waals surface area contributed by atoms with Crippen LogP contribution in [0.25, 0.3) is 0 Å². The first-order valence-electron chi connectivity index (χ1n) is 9.47. The largest absolute Gasteiger partial charge is 0.340 e. The van der Waals surface area contributed by atoms with Gasteiger partial charge in [0.1, 0.15) is 5.69 Å². The molecule has 2 aliphatic heterocycles. The Morgan fingerprint density at radius 2 is 1.32 bits per heavy atom. The molecule has 4 unspecified atom stereocenters. The van der Waals surface area contributed by atoms with Gasteiger partial charge in [-0.05, 0) is 36.5 Å². The molecular formula is C19H30N4O2. The number of imidazole rings is 1. The Hall–Kier alpha value is -1.85. The fourth-order valence-electron chi connectivity index (χ4n) is 4.58. The molecule has 3 heterocycles. The molecule has 1 N–H and O–H groups in total. The zero-order valence-electron chi connectivity index (χ0n) is 15.8. The van der Waals surface area contributed by atoms with Crippen LogP contribution in [-0.2, 0) is 0 Å². The van der Waals surface area contributed by atoms with Gasteiger partial charge in [-0.25, -0.2) is 4.98 Å². The lowest BCUT2D eigenvalue weighted by Gasteiger charge is -2.36. The molecule has 6 heteroatoms. The standard InChI is InChI=1S/C19H30N4O2/c1-12-5-13(2)8-22(7-12)18(24)16-17(21-11-20-16)19(25)23-9-14(3)6-15(4)10-23/h11-15H,5-10H2,1-4H3,(H,20,21). The van der Waals surface area contributed by atoms with Crippen LogP contribution in [0.1, 0.15) is 61.5 Å². The normalized spacial score (nSPS) is 30.4. The van der Waals surface area contributed by atoms with E-state index in [1.165, 1.54) is 6.33 Å². The quantitative estimate of drug-likeness (QED) is 0.895. The molecule has 0 saturated carbocycles. The summed E-state index contributed by atoms with van der Waals surface area (Å²) in [5, 5.41) is 0. The van der Waals surface area contributed by atoms with Crippen LogP contribution in [-0.4, -0.2) is 57.8 Å². The van der Waals surface area contributed by atoms with Crippen molar-refractivity contribution in [2.45, 2.75) is 40.5 Å². The number of aromatic amines is 1. The number of H-pyrrole nitrogens is 1. The van der Waals surface area contributed by atoms with E-state index in [-0.39, 0.29) is 17.5 Å². The second-order valence-corrected chi connectivity index (χ2v) is 8.44.